The standard InChI is InChI=1S/C17H25N3O4/c1-17(2)6-3-7-20(10-17)16(23)19-8-4-12(5-9-19)14-13(15(21)22)18-11-24-14/h11-12H,3-10H2,1-2H3,(H,21,22). The molecule has 0 bridgehead atoms. The highest BCUT2D eigenvalue weighted by molar-refractivity contribution is 5.86. The third-order valence-corrected chi connectivity index (χ3v) is 5.10. The smallest absolute Gasteiger partial charge is 0.358 e. The van der Waals surface area contributed by atoms with E-state index in [1.165, 1.54) is 6.39 Å². The van der Waals surface area contributed by atoms with Crippen LogP contribution >= 0.6 is 0 Å². The molecular weight excluding hydrogens is 310 g/mol. The molecule has 0 radical (unpaired) electrons. The van der Waals surface area contributed by atoms with Crippen molar-refractivity contribution in [3.63, 3.8) is 0 Å². The van der Waals surface area contributed by atoms with E-state index in [4.69, 9.17) is 9.52 Å². The van der Waals surface area contributed by atoms with Gasteiger partial charge in [-0.2, -0.15) is 0 Å². The molecule has 1 aromatic rings. The van der Waals surface area contributed by atoms with E-state index >= 15 is 0 Å². The highest BCUT2D eigenvalue weighted by Crippen LogP contribution is 2.32. The molecule has 0 spiro atoms. The Morgan fingerprint density at radius 1 is 1.25 bits per heavy atom. The van der Waals surface area contributed by atoms with Crippen LogP contribution < -0.4 is 0 Å². The number of oxazole rings is 1. The van der Waals surface area contributed by atoms with E-state index in [1.807, 2.05) is 9.80 Å². The van der Waals surface area contributed by atoms with E-state index in [9.17, 15) is 9.59 Å². The van der Waals surface area contributed by atoms with Gasteiger partial charge in [-0.3, -0.25) is 0 Å². The van der Waals surface area contributed by atoms with E-state index in [1.54, 1.807) is 0 Å². The van der Waals surface area contributed by atoms with Gasteiger partial charge in [-0.1, -0.05) is 13.8 Å². The number of carboxylic acids is 1. The summed E-state index contributed by atoms with van der Waals surface area (Å²) in [6, 6.07) is 0.109. The molecule has 1 aromatic heterocycles. The molecule has 24 heavy (non-hydrogen) atoms. The van der Waals surface area contributed by atoms with Crippen molar-refractivity contribution in [2.45, 2.75) is 45.4 Å². The molecule has 0 aromatic carbocycles. The topological polar surface area (TPSA) is 86.9 Å². The van der Waals surface area contributed by atoms with E-state index in [0.717, 1.165) is 25.9 Å². The number of aromatic carboxylic acids is 1. The summed E-state index contributed by atoms with van der Waals surface area (Å²) < 4.78 is 5.30. The summed E-state index contributed by atoms with van der Waals surface area (Å²) in [6.07, 6.45) is 4.81. The zero-order chi connectivity index (χ0) is 17.3. The van der Waals surface area contributed by atoms with Crippen LogP contribution in [0.15, 0.2) is 10.8 Å². The van der Waals surface area contributed by atoms with Gasteiger partial charge in [0, 0.05) is 32.1 Å². The molecule has 0 aliphatic carbocycles. The number of carbonyl (C=O) groups is 2. The van der Waals surface area contributed by atoms with Gasteiger partial charge in [-0.25, -0.2) is 14.6 Å². The van der Waals surface area contributed by atoms with Gasteiger partial charge in [-0.15, -0.1) is 0 Å². The predicted octanol–water partition coefficient (Wildman–Crippen LogP) is 2.79. The fourth-order valence-corrected chi connectivity index (χ4v) is 3.82. The monoisotopic (exact) mass is 335 g/mol. The molecule has 0 saturated carbocycles. The third kappa shape index (κ3) is 3.39. The molecule has 2 aliphatic rings. The Morgan fingerprint density at radius 2 is 1.96 bits per heavy atom. The second kappa shape index (κ2) is 6.45. The van der Waals surface area contributed by atoms with Crippen molar-refractivity contribution >= 4 is 12.0 Å². The average molecular weight is 335 g/mol. The van der Waals surface area contributed by atoms with Gasteiger partial charge in [0.05, 0.1) is 0 Å². The number of rotatable bonds is 2. The molecule has 1 N–H and O–H groups in total. The number of carboxylic acid groups (broad SMARTS) is 1. The Kier molecular flexibility index (Phi) is 4.51. The lowest BCUT2D eigenvalue weighted by Gasteiger charge is -2.41. The molecule has 2 aliphatic heterocycles. The molecule has 3 heterocycles. The number of nitrogens with zero attached hydrogens (tertiary/aromatic N) is 3. The number of aromatic nitrogens is 1. The number of carbonyl (C=O) groups excluding carboxylic acids is 1. The summed E-state index contributed by atoms with van der Waals surface area (Å²) >= 11 is 0. The van der Waals surface area contributed by atoms with Crippen LogP contribution in [0, 0.1) is 5.41 Å². The van der Waals surface area contributed by atoms with Crippen molar-refractivity contribution in [3.8, 4) is 0 Å². The number of likely N-dealkylation sites (tertiary alicyclic amines) is 2. The maximum absolute atomic E-state index is 12.7. The summed E-state index contributed by atoms with van der Waals surface area (Å²) in [4.78, 5) is 31.5. The maximum atomic E-state index is 12.7. The van der Waals surface area contributed by atoms with E-state index in [0.29, 0.717) is 31.7 Å². The molecule has 2 fully saturated rings. The fraction of sp³-hybridized carbons (Fsp3) is 0.706. The SMILES string of the molecule is CC1(C)CCCN(C(=O)N2CCC(c3ocnc3C(=O)O)CC2)C1. The van der Waals surface area contributed by atoms with Crippen LogP contribution in [-0.4, -0.2) is 58.1 Å². The number of hydrogen-bond acceptors (Lipinski definition) is 4. The lowest BCUT2D eigenvalue weighted by Crippen LogP contribution is -2.51. The maximum Gasteiger partial charge on any atom is 0.358 e. The van der Waals surface area contributed by atoms with Gasteiger partial charge in [-0.05, 0) is 31.1 Å². The summed E-state index contributed by atoms with van der Waals surface area (Å²) in [5.41, 5.74) is 0.181. The Balaban J connectivity index is 1.59. The normalized spacial score (nSPS) is 21.8. The zero-order valence-electron chi connectivity index (χ0n) is 14.3. The Bertz CT molecular complexity index is 617. The fourth-order valence-electron chi connectivity index (χ4n) is 3.82. The van der Waals surface area contributed by atoms with E-state index in [-0.39, 0.29) is 23.1 Å². The van der Waals surface area contributed by atoms with Gasteiger partial charge in [0.2, 0.25) is 0 Å². The highest BCUT2D eigenvalue weighted by atomic mass is 16.4. The average Bonchev–Trinajstić information content (AvgIpc) is 3.03. The molecule has 0 unspecified atom stereocenters. The van der Waals surface area contributed by atoms with Crippen LogP contribution in [-0.2, 0) is 0 Å². The van der Waals surface area contributed by atoms with Crippen molar-refractivity contribution < 1.29 is 19.1 Å². The van der Waals surface area contributed by atoms with E-state index < -0.39 is 5.97 Å². The van der Waals surface area contributed by atoms with Crippen molar-refractivity contribution in [2.75, 3.05) is 26.2 Å². The van der Waals surface area contributed by atoms with Crippen LogP contribution in [0.4, 0.5) is 4.79 Å². The van der Waals surface area contributed by atoms with Crippen molar-refractivity contribution in [3.05, 3.63) is 17.8 Å². The van der Waals surface area contributed by atoms with Crippen LogP contribution in [0.2, 0.25) is 0 Å². The molecule has 2 amide bonds. The molecule has 7 nitrogen and oxygen atoms in total. The first-order chi connectivity index (χ1) is 11.4. The van der Waals surface area contributed by atoms with E-state index in [2.05, 4.69) is 18.8 Å². The lowest BCUT2D eigenvalue weighted by atomic mass is 9.84. The molecule has 2 saturated heterocycles. The first kappa shape index (κ1) is 16.8. The second-order valence-corrected chi connectivity index (χ2v) is 7.60. The minimum Gasteiger partial charge on any atom is -0.476 e. The van der Waals surface area contributed by atoms with Crippen molar-refractivity contribution in [1.82, 2.24) is 14.8 Å². The van der Waals surface area contributed by atoms with Gasteiger partial charge in [0.1, 0.15) is 5.76 Å². The van der Waals surface area contributed by atoms with Crippen molar-refractivity contribution in [1.29, 1.82) is 0 Å². The van der Waals surface area contributed by atoms with Gasteiger partial charge in [0.25, 0.3) is 0 Å². The minimum atomic E-state index is -1.06. The first-order valence-corrected chi connectivity index (χ1v) is 8.58. The zero-order valence-corrected chi connectivity index (χ0v) is 14.3. The second-order valence-electron chi connectivity index (χ2n) is 7.60. The van der Waals surface area contributed by atoms with Gasteiger partial charge >= 0.3 is 12.0 Å². The summed E-state index contributed by atoms with van der Waals surface area (Å²) in [7, 11) is 0. The number of hydrogen-bond donors (Lipinski definition) is 1. The Labute approximate surface area is 141 Å². The lowest BCUT2D eigenvalue weighted by molar-refractivity contribution is 0.0685. The molecular formula is C17H25N3O4. The first-order valence-electron chi connectivity index (χ1n) is 8.58. The predicted molar refractivity (Wildman–Crippen MR) is 87.0 cm³/mol. The largest absolute Gasteiger partial charge is 0.476 e. The quantitative estimate of drug-likeness (QED) is 0.898. The molecule has 7 heteroatoms. The number of amides is 2. The third-order valence-electron chi connectivity index (χ3n) is 5.10. The van der Waals surface area contributed by atoms with Crippen molar-refractivity contribution in [2.24, 2.45) is 5.41 Å². The highest BCUT2D eigenvalue weighted by Gasteiger charge is 2.34. The minimum absolute atomic E-state index is 0.00226. The van der Waals surface area contributed by atoms with Gasteiger partial charge < -0.3 is 19.3 Å². The molecule has 132 valence electrons. The number of urea groups is 1. The summed E-state index contributed by atoms with van der Waals surface area (Å²) in [6.45, 7) is 7.29. The Morgan fingerprint density at radius 3 is 2.58 bits per heavy atom. The summed E-state index contributed by atoms with van der Waals surface area (Å²) in [5.74, 6) is -0.609. The molecule has 0 atom stereocenters. The number of piperidine rings is 2. The van der Waals surface area contributed by atoms with Crippen LogP contribution in [0.3, 0.4) is 0 Å². The molecule has 3 rings (SSSR count). The van der Waals surface area contributed by atoms with Gasteiger partial charge in [0.15, 0.2) is 12.1 Å². The van der Waals surface area contributed by atoms with Crippen LogP contribution in [0.5, 0.6) is 0 Å². The van der Waals surface area contributed by atoms with Crippen LogP contribution in [0.25, 0.3) is 0 Å². The summed E-state index contributed by atoms with van der Waals surface area (Å²) in [5, 5.41) is 9.15. The van der Waals surface area contributed by atoms with Crippen LogP contribution in [0.1, 0.15) is 61.7 Å². The Hall–Kier alpha value is -2.05.